The molecule has 2 aromatic rings. The van der Waals surface area contributed by atoms with Crippen LogP contribution in [0.15, 0.2) is 48.5 Å². The van der Waals surface area contributed by atoms with Gasteiger partial charge in [-0.25, -0.2) is 0 Å². The lowest BCUT2D eigenvalue weighted by atomic mass is 10.0. The number of hydrogen-bond donors (Lipinski definition) is 1. The predicted octanol–water partition coefficient (Wildman–Crippen LogP) is 3.94. The van der Waals surface area contributed by atoms with Gasteiger partial charge in [-0.2, -0.15) is 0 Å². The highest BCUT2D eigenvalue weighted by atomic mass is 32.1. The van der Waals surface area contributed by atoms with Crippen molar-refractivity contribution in [3.63, 3.8) is 0 Å². The Kier molecular flexibility index (Phi) is 5.34. The molecule has 0 spiro atoms. The number of nitrogens with one attached hydrogen (secondary N) is 1. The zero-order valence-electron chi connectivity index (χ0n) is 14.5. The molecule has 1 heterocycles. The van der Waals surface area contributed by atoms with Crippen molar-refractivity contribution in [3.8, 4) is 5.75 Å². The van der Waals surface area contributed by atoms with Crippen LogP contribution in [-0.2, 0) is 6.42 Å². The summed E-state index contributed by atoms with van der Waals surface area (Å²) in [6, 6.07) is 15.3. The van der Waals surface area contributed by atoms with Crippen molar-refractivity contribution in [2.45, 2.75) is 32.8 Å². The number of aryl methyl sites for hydroxylation is 1. The number of ether oxygens (including phenoxy) is 1. The molecule has 130 valence electrons. The van der Waals surface area contributed by atoms with Gasteiger partial charge < -0.3 is 9.64 Å². The largest absolute Gasteiger partial charge is 0.491 e. The number of para-hydroxylation sites is 1. The lowest BCUT2D eigenvalue weighted by Crippen LogP contribution is -2.45. The zero-order chi connectivity index (χ0) is 17.8. The quantitative estimate of drug-likeness (QED) is 0.848. The van der Waals surface area contributed by atoms with Crippen LogP contribution >= 0.6 is 12.2 Å². The first-order chi connectivity index (χ1) is 12.0. The maximum Gasteiger partial charge on any atom is 0.257 e. The number of fused-ring (bicyclic) bond motifs is 1. The van der Waals surface area contributed by atoms with E-state index in [0.717, 1.165) is 25.1 Å². The molecule has 1 aliphatic heterocycles. The Morgan fingerprint density at radius 3 is 2.80 bits per heavy atom. The molecule has 5 heteroatoms. The maximum absolute atomic E-state index is 12.6. The molecule has 0 fully saturated rings. The van der Waals surface area contributed by atoms with Gasteiger partial charge in [-0.15, -0.1) is 0 Å². The summed E-state index contributed by atoms with van der Waals surface area (Å²) in [6.07, 6.45) is 2.12. The van der Waals surface area contributed by atoms with Crippen molar-refractivity contribution in [1.82, 2.24) is 5.32 Å². The molecule has 1 amide bonds. The topological polar surface area (TPSA) is 41.6 Å². The molecule has 0 aromatic heterocycles. The molecular formula is C20H22N2O2S. The van der Waals surface area contributed by atoms with Crippen LogP contribution in [0.4, 0.5) is 5.69 Å². The van der Waals surface area contributed by atoms with Crippen molar-refractivity contribution >= 4 is 28.9 Å². The van der Waals surface area contributed by atoms with Crippen LogP contribution in [0.25, 0.3) is 0 Å². The number of benzene rings is 2. The zero-order valence-corrected chi connectivity index (χ0v) is 15.3. The van der Waals surface area contributed by atoms with E-state index in [1.807, 2.05) is 49.1 Å². The first-order valence-electron chi connectivity index (χ1n) is 8.52. The Balaban J connectivity index is 1.72. The van der Waals surface area contributed by atoms with Gasteiger partial charge in [0.2, 0.25) is 0 Å². The molecule has 0 aliphatic carbocycles. The molecule has 3 rings (SSSR count). The number of hydrogen-bond acceptors (Lipinski definition) is 3. The van der Waals surface area contributed by atoms with E-state index in [1.165, 1.54) is 5.56 Å². The van der Waals surface area contributed by atoms with E-state index in [2.05, 4.69) is 11.4 Å². The standard InChI is InChI=1S/C20H22N2O2S/c1-14(2)24-17-10-5-8-16(13-17)19(23)21-20(25)22-12-6-9-15-7-3-4-11-18(15)22/h3-5,7-8,10-11,13-14H,6,9,12H2,1-2H3,(H,21,23,25). The number of carbonyl (C=O) groups is 1. The summed E-state index contributed by atoms with van der Waals surface area (Å²) >= 11 is 5.49. The molecule has 25 heavy (non-hydrogen) atoms. The Morgan fingerprint density at radius 1 is 1.20 bits per heavy atom. The second-order valence-corrected chi connectivity index (χ2v) is 6.72. The van der Waals surface area contributed by atoms with Crippen molar-refractivity contribution in [3.05, 3.63) is 59.7 Å². The summed E-state index contributed by atoms with van der Waals surface area (Å²) < 4.78 is 5.65. The molecule has 0 saturated heterocycles. The number of thiocarbonyl (C=S) groups is 1. The average Bonchev–Trinajstić information content (AvgIpc) is 2.60. The molecule has 0 bridgehead atoms. The van der Waals surface area contributed by atoms with Crippen LogP contribution in [0, 0.1) is 0 Å². The summed E-state index contributed by atoms with van der Waals surface area (Å²) in [5.41, 5.74) is 2.87. The third-order valence-corrected chi connectivity index (χ3v) is 4.37. The van der Waals surface area contributed by atoms with Gasteiger partial charge in [0.1, 0.15) is 5.75 Å². The highest BCUT2D eigenvalue weighted by Crippen LogP contribution is 2.26. The van der Waals surface area contributed by atoms with Gasteiger partial charge in [-0.05, 0) is 68.7 Å². The minimum absolute atomic E-state index is 0.0595. The van der Waals surface area contributed by atoms with Crippen LogP contribution in [-0.4, -0.2) is 23.7 Å². The fraction of sp³-hybridized carbons (Fsp3) is 0.300. The molecule has 1 aliphatic rings. The summed E-state index contributed by atoms with van der Waals surface area (Å²) in [5.74, 6) is 0.458. The SMILES string of the molecule is CC(C)Oc1cccc(C(=O)NC(=S)N2CCCc3ccccc32)c1. The van der Waals surface area contributed by atoms with E-state index in [4.69, 9.17) is 17.0 Å². The number of carbonyl (C=O) groups excluding carboxylic acids is 1. The van der Waals surface area contributed by atoms with Gasteiger partial charge in [0, 0.05) is 17.8 Å². The van der Waals surface area contributed by atoms with Gasteiger partial charge in [0.25, 0.3) is 5.91 Å². The predicted molar refractivity (Wildman–Crippen MR) is 104 cm³/mol. The normalized spacial score (nSPS) is 13.3. The van der Waals surface area contributed by atoms with Gasteiger partial charge in [-0.1, -0.05) is 24.3 Å². The number of rotatable bonds is 3. The van der Waals surface area contributed by atoms with Crippen molar-refractivity contribution in [2.75, 3.05) is 11.4 Å². The molecule has 0 saturated carbocycles. The Morgan fingerprint density at radius 2 is 2.00 bits per heavy atom. The number of amides is 1. The van der Waals surface area contributed by atoms with Crippen molar-refractivity contribution < 1.29 is 9.53 Å². The van der Waals surface area contributed by atoms with Gasteiger partial charge in [0.15, 0.2) is 5.11 Å². The van der Waals surface area contributed by atoms with E-state index in [1.54, 1.807) is 12.1 Å². The molecule has 1 N–H and O–H groups in total. The van der Waals surface area contributed by atoms with Crippen LogP contribution in [0.1, 0.15) is 36.2 Å². The molecule has 0 atom stereocenters. The van der Waals surface area contributed by atoms with E-state index in [-0.39, 0.29) is 12.0 Å². The van der Waals surface area contributed by atoms with E-state index in [0.29, 0.717) is 16.4 Å². The van der Waals surface area contributed by atoms with Crippen LogP contribution in [0.5, 0.6) is 5.75 Å². The summed E-state index contributed by atoms with van der Waals surface area (Å²) in [5, 5.41) is 3.29. The highest BCUT2D eigenvalue weighted by molar-refractivity contribution is 7.80. The first-order valence-corrected chi connectivity index (χ1v) is 8.93. The smallest absolute Gasteiger partial charge is 0.257 e. The van der Waals surface area contributed by atoms with Crippen LogP contribution in [0.3, 0.4) is 0 Å². The number of anilines is 1. The third-order valence-electron chi connectivity index (χ3n) is 4.04. The van der Waals surface area contributed by atoms with Gasteiger partial charge in [-0.3, -0.25) is 10.1 Å². The monoisotopic (exact) mass is 354 g/mol. The number of nitrogens with zero attached hydrogens (tertiary/aromatic N) is 1. The first kappa shape index (κ1) is 17.4. The Bertz CT molecular complexity index is 789. The Labute approximate surface area is 153 Å². The fourth-order valence-corrected chi connectivity index (χ4v) is 3.25. The second kappa shape index (κ2) is 7.66. The summed E-state index contributed by atoms with van der Waals surface area (Å²) in [4.78, 5) is 14.6. The molecule has 2 aromatic carbocycles. The molecular weight excluding hydrogens is 332 g/mol. The fourth-order valence-electron chi connectivity index (χ4n) is 2.96. The molecule has 0 unspecified atom stereocenters. The third kappa shape index (κ3) is 4.17. The minimum Gasteiger partial charge on any atom is -0.491 e. The lowest BCUT2D eigenvalue weighted by molar-refractivity contribution is 0.0976. The second-order valence-electron chi connectivity index (χ2n) is 6.34. The van der Waals surface area contributed by atoms with Crippen molar-refractivity contribution in [2.24, 2.45) is 0 Å². The van der Waals surface area contributed by atoms with Crippen LogP contribution in [0.2, 0.25) is 0 Å². The van der Waals surface area contributed by atoms with E-state index < -0.39 is 0 Å². The molecule has 0 radical (unpaired) electrons. The summed E-state index contributed by atoms with van der Waals surface area (Å²) in [6.45, 7) is 4.72. The van der Waals surface area contributed by atoms with Gasteiger partial charge in [0.05, 0.1) is 6.10 Å². The molecule has 4 nitrogen and oxygen atoms in total. The van der Waals surface area contributed by atoms with E-state index >= 15 is 0 Å². The average molecular weight is 354 g/mol. The van der Waals surface area contributed by atoms with Crippen molar-refractivity contribution in [1.29, 1.82) is 0 Å². The summed E-state index contributed by atoms with van der Waals surface area (Å²) in [7, 11) is 0. The minimum atomic E-state index is -0.220. The van der Waals surface area contributed by atoms with Crippen LogP contribution < -0.4 is 15.0 Å². The Hall–Kier alpha value is -2.40. The van der Waals surface area contributed by atoms with E-state index in [9.17, 15) is 4.79 Å². The maximum atomic E-state index is 12.6. The lowest BCUT2D eigenvalue weighted by Gasteiger charge is -2.31. The highest BCUT2D eigenvalue weighted by Gasteiger charge is 2.21. The van der Waals surface area contributed by atoms with Gasteiger partial charge >= 0.3 is 0 Å².